The molecule has 0 saturated heterocycles. The summed E-state index contributed by atoms with van der Waals surface area (Å²) >= 11 is 0. The van der Waals surface area contributed by atoms with Gasteiger partial charge in [-0.05, 0) is 59.7 Å². The number of rotatable bonds is 12. The summed E-state index contributed by atoms with van der Waals surface area (Å²) in [4.78, 5) is 50.7. The molecule has 0 saturated carbocycles. The largest absolute Gasteiger partial charge is 0.497 e. The van der Waals surface area contributed by atoms with Crippen molar-refractivity contribution in [2.24, 2.45) is 0 Å². The van der Waals surface area contributed by atoms with Crippen LogP contribution in [0, 0.1) is 11.6 Å². The Balaban J connectivity index is 1.38. The Morgan fingerprint density at radius 3 is 1.87 bits per heavy atom. The molecule has 12 heteroatoms. The minimum Gasteiger partial charge on any atom is -0.497 e. The third kappa shape index (κ3) is 8.63. The molecular formula is C33H28F2N2O8. The topological polar surface area (TPSA) is 131 Å². The number of aliphatic carboxylic acids is 1. The molecule has 10 nitrogen and oxygen atoms in total. The molecule has 2 N–H and O–H groups in total. The Labute approximate surface area is 256 Å². The van der Waals surface area contributed by atoms with Gasteiger partial charge in [0.2, 0.25) is 5.91 Å². The van der Waals surface area contributed by atoms with E-state index in [1.165, 1.54) is 55.6 Å². The highest BCUT2D eigenvalue weighted by Gasteiger charge is 2.22. The quantitative estimate of drug-likeness (QED) is 0.166. The maximum absolute atomic E-state index is 14.2. The molecule has 0 aromatic heterocycles. The lowest BCUT2D eigenvalue weighted by Gasteiger charge is -2.21. The summed E-state index contributed by atoms with van der Waals surface area (Å²) in [6.45, 7) is -0.715. The Morgan fingerprint density at radius 2 is 1.31 bits per heavy atom. The lowest BCUT2D eigenvalue weighted by molar-refractivity contribution is -0.137. The first-order chi connectivity index (χ1) is 21.6. The fourth-order valence-electron chi connectivity index (χ4n) is 4.28. The van der Waals surface area contributed by atoms with E-state index >= 15 is 0 Å². The molecule has 2 amide bonds. The van der Waals surface area contributed by atoms with Gasteiger partial charge in [-0.1, -0.05) is 24.3 Å². The number of carbonyl (C=O) groups excluding carboxylic acids is 3. The van der Waals surface area contributed by atoms with Gasteiger partial charge in [-0.25, -0.2) is 13.6 Å². The van der Waals surface area contributed by atoms with E-state index in [0.717, 1.165) is 22.6 Å². The molecule has 0 spiro atoms. The van der Waals surface area contributed by atoms with E-state index < -0.39 is 41.6 Å². The highest BCUT2D eigenvalue weighted by molar-refractivity contribution is 5.97. The number of hydrogen-bond donors (Lipinski definition) is 2. The fourth-order valence-corrected chi connectivity index (χ4v) is 4.28. The Morgan fingerprint density at radius 1 is 0.756 bits per heavy atom. The summed E-state index contributed by atoms with van der Waals surface area (Å²) in [6, 6.07) is 20.4. The number of ether oxygens (including phenoxy) is 3. The molecule has 4 rings (SSSR count). The number of halogens is 2. The van der Waals surface area contributed by atoms with E-state index in [0.29, 0.717) is 17.0 Å². The number of anilines is 1. The highest BCUT2D eigenvalue weighted by atomic mass is 19.1. The number of carbonyl (C=O) groups is 4. The third-order valence-corrected chi connectivity index (χ3v) is 6.52. The molecule has 45 heavy (non-hydrogen) atoms. The average molecular weight is 619 g/mol. The van der Waals surface area contributed by atoms with Gasteiger partial charge < -0.3 is 29.5 Å². The van der Waals surface area contributed by atoms with Gasteiger partial charge in [-0.2, -0.15) is 0 Å². The first kappa shape index (κ1) is 32.1. The van der Waals surface area contributed by atoms with Crippen LogP contribution < -0.4 is 19.5 Å². The lowest BCUT2D eigenvalue weighted by Crippen LogP contribution is -2.35. The van der Waals surface area contributed by atoms with Crippen molar-refractivity contribution in [3.05, 3.63) is 119 Å². The fraction of sp³-hybridized carbons (Fsp3) is 0.152. The summed E-state index contributed by atoms with van der Waals surface area (Å²) in [5.74, 6) is -5.09. The molecule has 4 aromatic rings. The van der Waals surface area contributed by atoms with Crippen LogP contribution in [0.1, 0.15) is 31.8 Å². The van der Waals surface area contributed by atoms with E-state index in [1.54, 1.807) is 31.4 Å². The molecule has 0 atom stereocenters. The molecule has 0 aliphatic rings. The summed E-state index contributed by atoms with van der Waals surface area (Å²) < 4.78 is 43.4. The smallest absolute Gasteiger partial charge is 0.349 e. The second kappa shape index (κ2) is 14.6. The molecule has 0 aliphatic heterocycles. The molecule has 0 unspecified atom stereocenters. The van der Waals surface area contributed by atoms with Crippen molar-refractivity contribution in [3.8, 4) is 17.2 Å². The molecule has 0 heterocycles. The van der Waals surface area contributed by atoms with E-state index in [9.17, 15) is 33.1 Å². The van der Waals surface area contributed by atoms with Crippen LogP contribution in [0.3, 0.4) is 0 Å². The van der Waals surface area contributed by atoms with Gasteiger partial charge in [0.25, 0.3) is 5.91 Å². The zero-order valence-corrected chi connectivity index (χ0v) is 24.2. The van der Waals surface area contributed by atoms with Crippen LogP contribution in [0.25, 0.3) is 0 Å². The van der Waals surface area contributed by atoms with Crippen LogP contribution in [0.5, 0.6) is 17.2 Å². The first-order valence-electron chi connectivity index (χ1n) is 13.4. The van der Waals surface area contributed by atoms with Crippen LogP contribution in [0.2, 0.25) is 0 Å². The van der Waals surface area contributed by atoms with Crippen LogP contribution in [0.4, 0.5) is 14.5 Å². The van der Waals surface area contributed by atoms with Crippen molar-refractivity contribution in [3.63, 3.8) is 0 Å². The maximum Gasteiger partial charge on any atom is 0.349 e. The third-order valence-electron chi connectivity index (χ3n) is 6.52. The van der Waals surface area contributed by atoms with Crippen molar-refractivity contribution in [2.45, 2.75) is 13.0 Å². The van der Waals surface area contributed by atoms with E-state index in [-0.39, 0.29) is 35.9 Å². The van der Waals surface area contributed by atoms with Gasteiger partial charge in [0, 0.05) is 29.9 Å². The SMILES string of the molecule is COc1ccc(CC(=O)Nc2ccc(C(=O)N(CC(=O)O)Cc3ccc(OC(=O)c4c(F)cc(OC)cc4F)cc3)cc2)cc1. The summed E-state index contributed by atoms with van der Waals surface area (Å²) in [7, 11) is 2.78. The van der Waals surface area contributed by atoms with Crippen molar-refractivity contribution >= 4 is 29.4 Å². The molecule has 0 bridgehead atoms. The van der Waals surface area contributed by atoms with Crippen LogP contribution >= 0.6 is 0 Å². The Bertz CT molecular complexity index is 1670. The Kier molecular flexibility index (Phi) is 10.4. The number of nitrogens with one attached hydrogen (secondary N) is 1. The van der Waals surface area contributed by atoms with Crippen LogP contribution in [-0.2, 0) is 22.6 Å². The molecule has 0 aliphatic carbocycles. The minimum absolute atomic E-state index is 0.0286. The zero-order valence-electron chi connectivity index (χ0n) is 24.2. The van der Waals surface area contributed by atoms with Crippen molar-refractivity contribution in [1.82, 2.24) is 4.90 Å². The summed E-state index contributed by atoms with van der Waals surface area (Å²) in [5.41, 5.74) is 1.04. The number of esters is 1. The van der Waals surface area contributed by atoms with Crippen LogP contribution in [0.15, 0.2) is 84.9 Å². The van der Waals surface area contributed by atoms with Crippen molar-refractivity contribution in [2.75, 3.05) is 26.1 Å². The number of benzene rings is 4. The van der Waals surface area contributed by atoms with Gasteiger partial charge in [-0.3, -0.25) is 14.4 Å². The van der Waals surface area contributed by atoms with E-state index in [1.807, 2.05) is 0 Å². The average Bonchev–Trinajstić information content (AvgIpc) is 3.01. The molecule has 0 fully saturated rings. The molecule has 4 aromatic carbocycles. The standard InChI is InChI=1S/C33H28F2N2O8/c1-43-24-11-3-20(4-12-24)15-29(38)36-23-9-7-22(8-10-23)32(41)37(19-30(39)40)18-21-5-13-25(14-6-21)45-33(42)31-27(34)16-26(44-2)17-28(31)35/h3-14,16-17H,15,18-19H2,1-2H3,(H,36,38)(H,39,40). The zero-order chi connectivity index (χ0) is 32.5. The second-order valence-electron chi connectivity index (χ2n) is 9.70. The first-order valence-corrected chi connectivity index (χ1v) is 13.4. The molecular weight excluding hydrogens is 590 g/mol. The number of hydrogen-bond acceptors (Lipinski definition) is 7. The highest BCUT2D eigenvalue weighted by Crippen LogP contribution is 2.23. The lowest BCUT2D eigenvalue weighted by atomic mass is 10.1. The summed E-state index contributed by atoms with van der Waals surface area (Å²) in [5, 5.41) is 12.2. The maximum atomic E-state index is 14.2. The monoisotopic (exact) mass is 618 g/mol. The van der Waals surface area contributed by atoms with E-state index in [2.05, 4.69) is 5.32 Å². The van der Waals surface area contributed by atoms with Gasteiger partial charge in [0.05, 0.1) is 20.6 Å². The molecule has 232 valence electrons. The van der Waals surface area contributed by atoms with Gasteiger partial charge in [0.1, 0.15) is 41.0 Å². The van der Waals surface area contributed by atoms with Gasteiger partial charge in [-0.15, -0.1) is 0 Å². The summed E-state index contributed by atoms with van der Waals surface area (Å²) in [6.07, 6.45) is 0.129. The number of carboxylic acids is 1. The predicted octanol–water partition coefficient (Wildman–Crippen LogP) is 5.11. The van der Waals surface area contributed by atoms with Gasteiger partial charge >= 0.3 is 11.9 Å². The van der Waals surface area contributed by atoms with Crippen molar-refractivity contribution < 1.29 is 47.3 Å². The predicted molar refractivity (Wildman–Crippen MR) is 158 cm³/mol. The van der Waals surface area contributed by atoms with Crippen molar-refractivity contribution in [1.29, 1.82) is 0 Å². The van der Waals surface area contributed by atoms with Crippen LogP contribution in [-0.4, -0.2) is 54.5 Å². The second-order valence-corrected chi connectivity index (χ2v) is 9.70. The minimum atomic E-state index is -1.26. The number of amides is 2. The molecule has 0 radical (unpaired) electrons. The van der Waals surface area contributed by atoms with Gasteiger partial charge in [0.15, 0.2) is 0 Å². The number of carboxylic acid groups (broad SMARTS) is 1. The number of methoxy groups -OCH3 is 2. The van der Waals surface area contributed by atoms with E-state index in [4.69, 9.17) is 14.2 Å². The number of nitrogens with zero attached hydrogens (tertiary/aromatic N) is 1. The Hall–Kier alpha value is -5.78. The normalized spacial score (nSPS) is 10.5.